The minimum atomic E-state index is -0.681. The molecule has 78 heavy (non-hydrogen) atoms. The Labute approximate surface area is 462 Å². The molecular weight excluding hydrogens is 981 g/mol. The van der Waals surface area contributed by atoms with Crippen LogP contribution in [0.15, 0.2) is 97.1 Å². The van der Waals surface area contributed by atoms with E-state index >= 15 is 0 Å². The maximum atomic E-state index is 14.9. The molecule has 2 aliphatic heterocycles. The summed E-state index contributed by atoms with van der Waals surface area (Å²) in [7, 11) is 3.46. The van der Waals surface area contributed by atoms with Crippen molar-refractivity contribution in [2.45, 2.75) is 152 Å². The van der Waals surface area contributed by atoms with Crippen LogP contribution in [0.1, 0.15) is 123 Å². The van der Waals surface area contributed by atoms with E-state index in [-0.39, 0.29) is 84.5 Å². The summed E-state index contributed by atoms with van der Waals surface area (Å²) < 4.78 is 0. The maximum absolute atomic E-state index is 14.9. The molecule has 0 unspecified atom stereocenters. The fourth-order valence-electron chi connectivity index (χ4n) is 12.4. The first-order valence-corrected chi connectivity index (χ1v) is 29.0. The quantitative estimate of drug-likeness (QED) is 0.0589. The Morgan fingerprint density at radius 1 is 0.538 bits per heavy atom. The summed E-state index contributed by atoms with van der Waals surface area (Å²) in [6.07, 6.45) is 11.9. The maximum Gasteiger partial charge on any atom is 0.253 e. The Morgan fingerprint density at radius 2 is 0.910 bits per heavy atom. The predicted molar refractivity (Wildman–Crippen MR) is 306 cm³/mol. The topological polar surface area (TPSA) is 216 Å². The number of benzene rings is 4. The molecule has 2 saturated carbocycles. The van der Waals surface area contributed by atoms with Crippen molar-refractivity contribution in [3.8, 4) is 0 Å². The van der Waals surface area contributed by atoms with E-state index in [1.165, 1.54) is 0 Å². The molecule has 0 spiro atoms. The second-order valence-corrected chi connectivity index (χ2v) is 22.8. The number of likely N-dealkylation sites (N-methyl/N-ethyl adjacent to an activating group) is 2. The lowest BCUT2D eigenvalue weighted by Crippen LogP contribution is -2.57. The highest BCUT2D eigenvalue weighted by Gasteiger charge is 2.44. The molecule has 4 aromatic carbocycles. The van der Waals surface area contributed by atoms with Gasteiger partial charge in [0.1, 0.15) is 12.1 Å². The van der Waals surface area contributed by atoms with Crippen LogP contribution >= 0.6 is 0 Å². The Balaban J connectivity index is 1.03. The summed E-state index contributed by atoms with van der Waals surface area (Å²) in [5.41, 5.74) is 16.5. The monoisotopic (exact) mass is 1070 g/mol. The van der Waals surface area contributed by atoms with E-state index in [1.807, 2.05) is 117 Å². The third kappa shape index (κ3) is 14.7. The summed E-state index contributed by atoms with van der Waals surface area (Å²) in [5.74, 6) is -1.03. The highest BCUT2D eigenvalue weighted by molar-refractivity contribution is 6.02. The number of amides is 6. The molecule has 8 N–H and O–H groups in total. The number of carbonyl (C=O) groups is 6. The number of nitrogens with one attached hydrogen (secondary N) is 4. The van der Waals surface area contributed by atoms with E-state index in [9.17, 15) is 28.8 Å². The zero-order valence-corrected chi connectivity index (χ0v) is 46.5. The molecule has 4 fully saturated rings. The standard InChI is InChI=1S/C62H86N10O6/c1-41(65-3)57(73)67-55(45-21-13-7-14-22-45)61(77)71-37-51(63)35-53(71)39-69(31-29-43-17-9-5-10-18-43)59(75)49-27-25-48-34-50(28-26-47(48)33-49)60(76)70(32-30-44-19-11-6-12-20-44)40-54-36-52(64)38-72(54)62(78)56(46-23-15-8-16-24-46)68-58(74)42(2)66-4/h5-6,9-12,17-20,25-28,33-34,41-42,45-46,51-56,65-66H,7-8,13-16,21-24,29-32,35-40,63-64H2,1-4H3,(H,67,73)(H,68,74)/t41-,42-,51-,52-,53-,54-,55-,56-/m0/s1. The van der Waals surface area contributed by atoms with Crippen LogP contribution in [0.4, 0.5) is 0 Å². The number of nitrogens with zero attached hydrogens (tertiary/aromatic N) is 4. The van der Waals surface area contributed by atoms with Crippen molar-refractivity contribution >= 4 is 46.2 Å². The largest absolute Gasteiger partial charge is 0.343 e. The summed E-state index contributed by atoms with van der Waals surface area (Å²) in [4.78, 5) is 93.4. The van der Waals surface area contributed by atoms with Crippen LogP contribution in [-0.2, 0) is 32.0 Å². The minimum absolute atomic E-state index is 0.0172. The molecule has 8 atom stereocenters. The highest BCUT2D eigenvalue weighted by Crippen LogP contribution is 2.32. The third-order valence-corrected chi connectivity index (χ3v) is 17.3. The summed E-state index contributed by atoms with van der Waals surface area (Å²) in [5, 5.41) is 13.8. The number of fused-ring (bicyclic) bond motifs is 1. The van der Waals surface area contributed by atoms with Gasteiger partial charge in [0.25, 0.3) is 11.8 Å². The van der Waals surface area contributed by atoms with E-state index in [2.05, 4.69) is 21.3 Å². The van der Waals surface area contributed by atoms with Gasteiger partial charge >= 0.3 is 0 Å². The first-order chi connectivity index (χ1) is 37.7. The van der Waals surface area contributed by atoms with Gasteiger partial charge in [0.15, 0.2) is 0 Å². The van der Waals surface area contributed by atoms with Gasteiger partial charge in [0.2, 0.25) is 23.6 Å². The molecule has 4 aliphatic rings. The van der Waals surface area contributed by atoms with Crippen molar-refractivity contribution < 1.29 is 28.8 Å². The van der Waals surface area contributed by atoms with Crippen molar-refractivity contribution in [3.63, 3.8) is 0 Å². The summed E-state index contributed by atoms with van der Waals surface area (Å²) >= 11 is 0. The van der Waals surface area contributed by atoms with Gasteiger partial charge in [-0.25, -0.2) is 0 Å². The number of nitrogens with two attached hydrogens (primary N) is 2. The third-order valence-electron chi connectivity index (χ3n) is 17.3. The van der Waals surface area contributed by atoms with Crippen LogP contribution in [0.3, 0.4) is 0 Å². The van der Waals surface area contributed by atoms with Crippen LogP contribution in [0.5, 0.6) is 0 Å². The lowest BCUT2D eigenvalue weighted by molar-refractivity contribution is -0.140. The molecule has 16 heteroatoms. The van der Waals surface area contributed by atoms with Gasteiger partial charge in [0.05, 0.1) is 24.2 Å². The fraction of sp³-hybridized carbons (Fsp3) is 0.548. The molecular formula is C62H86N10O6. The zero-order chi connectivity index (χ0) is 55.3. The van der Waals surface area contributed by atoms with Crippen LogP contribution < -0.4 is 32.7 Å². The van der Waals surface area contributed by atoms with Crippen LogP contribution in [-0.4, -0.2) is 157 Å². The van der Waals surface area contributed by atoms with E-state index in [1.54, 1.807) is 27.9 Å². The highest BCUT2D eigenvalue weighted by atomic mass is 16.2. The van der Waals surface area contributed by atoms with Crippen LogP contribution in [0, 0.1) is 11.8 Å². The number of rotatable bonds is 22. The van der Waals surface area contributed by atoms with Gasteiger partial charge in [0, 0.05) is 62.5 Å². The minimum Gasteiger partial charge on any atom is -0.343 e. The van der Waals surface area contributed by atoms with Gasteiger partial charge in [-0.3, -0.25) is 28.8 Å². The molecule has 0 bridgehead atoms. The average molecular weight is 1070 g/mol. The number of hydrogen-bond acceptors (Lipinski definition) is 10. The Kier molecular flexibility index (Phi) is 20.5. The Hall–Kier alpha value is -6.20. The molecule has 0 aromatic heterocycles. The second-order valence-electron chi connectivity index (χ2n) is 22.8. The molecule has 6 amide bonds. The second kappa shape index (κ2) is 27.6. The van der Waals surface area contributed by atoms with E-state index in [0.29, 0.717) is 63.0 Å². The van der Waals surface area contributed by atoms with E-state index in [0.717, 1.165) is 86.1 Å². The molecule has 420 valence electrons. The summed E-state index contributed by atoms with van der Waals surface area (Å²) in [6, 6.07) is 27.7. The van der Waals surface area contributed by atoms with Crippen LogP contribution in [0.2, 0.25) is 0 Å². The molecule has 2 heterocycles. The lowest BCUT2D eigenvalue weighted by atomic mass is 9.83. The molecule has 0 radical (unpaired) electrons. The fourth-order valence-corrected chi connectivity index (χ4v) is 12.4. The average Bonchev–Trinajstić information content (AvgIpc) is 4.05. The van der Waals surface area contributed by atoms with E-state index < -0.39 is 24.2 Å². The summed E-state index contributed by atoms with van der Waals surface area (Å²) in [6.45, 7) is 5.61. The normalized spacial score (nSPS) is 21.6. The van der Waals surface area contributed by atoms with Crippen molar-refractivity contribution in [2.24, 2.45) is 23.3 Å². The first kappa shape index (κ1) is 58.0. The van der Waals surface area contributed by atoms with Crippen molar-refractivity contribution in [2.75, 3.05) is 53.4 Å². The first-order valence-electron chi connectivity index (χ1n) is 29.0. The van der Waals surface area contributed by atoms with Gasteiger partial charge < -0.3 is 52.3 Å². The van der Waals surface area contributed by atoms with Gasteiger partial charge in [-0.1, -0.05) is 111 Å². The van der Waals surface area contributed by atoms with Crippen molar-refractivity contribution in [1.82, 2.24) is 40.9 Å². The van der Waals surface area contributed by atoms with Crippen molar-refractivity contribution in [3.05, 3.63) is 119 Å². The number of likely N-dealkylation sites (tertiary alicyclic amines) is 2. The van der Waals surface area contributed by atoms with Gasteiger partial charge in [-0.05, 0) is 137 Å². The molecule has 4 aromatic rings. The smallest absolute Gasteiger partial charge is 0.253 e. The SMILES string of the molecule is CN[C@@H](C)C(=O)N[C@H](C(=O)N1C[C@@H](N)C[C@H]1CN(CCc1ccccc1)C(=O)c1ccc2cc(C(=O)N(CCc3ccccc3)C[C@@H]3C[C@H](N)CN3C(=O)[C@@H](NC(=O)[C@H](C)NC)C3CCCCC3)ccc2c1)C1CCCCC1. The molecule has 8 rings (SSSR count). The van der Waals surface area contributed by atoms with E-state index in [4.69, 9.17) is 11.5 Å². The Bertz CT molecular complexity index is 2480. The molecule has 2 aliphatic carbocycles. The Morgan fingerprint density at radius 3 is 1.27 bits per heavy atom. The predicted octanol–water partition coefficient (Wildman–Crippen LogP) is 5.41. The van der Waals surface area contributed by atoms with Gasteiger partial charge in [-0.2, -0.15) is 0 Å². The molecule has 2 saturated heterocycles. The van der Waals surface area contributed by atoms with Crippen LogP contribution in [0.25, 0.3) is 10.8 Å². The molecule has 16 nitrogen and oxygen atoms in total. The number of hydrogen-bond donors (Lipinski definition) is 6. The van der Waals surface area contributed by atoms with Crippen molar-refractivity contribution in [1.29, 1.82) is 0 Å². The lowest BCUT2D eigenvalue weighted by Gasteiger charge is -2.37. The van der Waals surface area contributed by atoms with Gasteiger partial charge in [-0.15, -0.1) is 0 Å². The zero-order valence-electron chi connectivity index (χ0n) is 46.5. The number of carbonyl (C=O) groups excluding carboxylic acids is 6.